The fourth-order valence-electron chi connectivity index (χ4n) is 2.55. The van der Waals surface area contributed by atoms with Crippen LogP contribution in [0.15, 0.2) is 0 Å². The highest BCUT2D eigenvalue weighted by Crippen LogP contribution is 2.22. The van der Waals surface area contributed by atoms with Gasteiger partial charge < -0.3 is 4.74 Å². The van der Waals surface area contributed by atoms with Crippen LogP contribution >= 0.6 is 0 Å². The summed E-state index contributed by atoms with van der Waals surface area (Å²) in [4.78, 5) is 0. The first kappa shape index (κ1) is 17.9. The third-order valence-corrected chi connectivity index (χ3v) is 4.31. The van der Waals surface area contributed by atoms with Crippen LogP contribution < -0.4 is 0 Å². The molecule has 0 N–H and O–H groups in total. The minimum Gasteiger partial charge on any atom is -0.349 e. The van der Waals surface area contributed by atoms with Crippen molar-refractivity contribution in [1.82, 2.24) is 0 Å². The van der Waals surface area contributed by atoms with Gasteiger partial charge in [-0.05, 0) is 24.2 Å². The highest BCUT2D eigenvalue weighted by molar-refractivity contribution is 4.65. The van der Waals surface area contributed by atoms with Crippen molar-refractivity contribution in [3.63, 3.8) is 0 Å². The average molecular weight is 257 g/mol. The zero-order valence-corrected chi connectivity index (χ0v) is 13.2. The summed E-state index contributed by atoms with van der Waals surface area (Å²) in [5.74, 6) is 1.92. The molecule has 2 heteroatoms. The second kappa shape index (κ2) is 9.80. The van der Waals surface area contributed by atoms with E-state index in [1.807, 2.05) is 6.92 Å². The third-order valence-electron chi connectivity index (χ3n) is 4.31. The van der Waals surface area contributed by atoms with Gasteiger partial charge in [-0.1, -0.05) is 60.8 Å². The Hall–Kier alpha value is -0.0800. The number of hydrogen-bond acceptors (Lipinski definition) is 1. The summed E-state index contributed by atoms with van der Waals surface area (Å²) in [5, 5.41) is 12.0. The average Bonchev–Trinajstić information content (AvgIpc) is 2.36. The van der Waals surface area contributed by atoms with E-state index in [2.05, 4.69) is 34.6 Å². The predicted octanol–water partition coefficient (Wildman–Crippen LogP) is 4.90. The molecule has 0 aliphatic heterocycles. The Morgan fingerprint density at radius 3 is 1.89 bits per heavy atom. The van der Waals surface area contributed by atoms with E-state index < -0.39 is 6.29 Å². The lowest BCUT2D eigenvalue weighted by Gasteiger charge is -2.25. The van der Waals surface area contributed by atoms with Gasteiger partial charge in [0.05, 0.1) is 6.61 Å². The van der Waals surface area contributed by atoms with Crippen LogP contribution in [0.3, 0.4) is 0 Å². The van der Waals surface area contributed by atoms with Crippen LogP contribution in [-0.4, -0.2) is 12.9 Å². The SMILES string of the molecule is CCC(C)CC(C)C([O])OCC(C)C(CC)CC. The van der Waals surface area contributed by atoms with Gasteiger partial charge in [0.2, 0.25) is 0 Å². The molecular weight excluding hydrogens is 224 g/mol. The molecule has 0 saturated carbocycles. The molecule has 2 nitrogen and oxygen atoms in total. The minimum atomic E-state index is -0.851. The first-order valence-electron chi connectivity index (χ1n) is 7.73. The lowest BCUT2D eigenvalue weighted by Crippen LogP contribution is -2.26. The lowest BCUT2D eigenvalue weighted by atomic mass is 9.90. The van der Waals surface area contributed by atoms with E-state index in [1.165, 1.54) is 12.8 Å². The molecule has 0 amide bonds. The molecule has 0 bridgehead atoms. The zero-order valence-electron chi connectivity index (χ0n) is 13.2. The minimum absolute atomic E-state index is 0.119. The summed E-state index contributed by atoms with van der Waals surface area (Å²) in [5.41, 5.74) is 0. The standard InChI is InChI=1S/C16H33O2/c1-7-12(4)10-13(5)16(17)18-11-14(6)15(8-2)9-3/h12-16H,7-11H2,1-6H3. The van der Waals surface area contributed by atoms with Crippen LogP contribution in [0.5, 0.6) is 0 Å². The Bertz CT molecular complexity index is 190. The molecule has 4 atom stereocenters. The maximum atomic E-state index is 12.0. The first-order valence-corrected chi connectivity index (χ1v) is 7.73. The topological polar surface area (TPSA) is 29.1 Å². The second-order valence-corrected chi connectivity index (χ2v) is 5.98. The summed E-state index contributed by atoms with van der Waals surface area (Å²) in [6.45, 7) is 13.6. The smallest absolute Gasteiger partial charge is 0.193 e. The van der Waals surface area contributed by atoms with E-state index in [0.29, 0.717) is 24.4 Å². The molecule has 0 aliphatic rings. The first-order chi connectivity index (χ1) is 8.46. The van der Waals surface area contributed by atoms with E-state index in [0.717, 1.165) is 12.8 Å². The lowest BCUT2D eigenvalue weighted by molar-refractivity contribution is -0.180. The van der Waals surface area contributed by atoms with Crippen LogP contribution in [0.25, 0.3) is 0 Å². The number of rotatable bonds is 10. The van der Waals surface area contributed by atoms with E-state index in [9.17, 15) is 5.11 Å². The van der Waals surface area contributed by atoms with Crippen LogP contribution in [0.4, 0.5) is 0 Å². The van der Waals surface area contributed by atoms with Gasteiger partial charge >= 0.3 is 0 Å². The summed E-state index contributed by atoms with van der Waals surface area (Å²) in [6.07, 6.45) is 3.61. The Morgan fingerprint density at radius 1 is 0.889 bits per heavy atom. The zero-order chi connectivity index (χ0) is 14.1. The van der Waals surface area contributed by atoms with Crippen molar-refractivity contribution in [3.8, 4) is 0 Å². The monoisotopic (exact) mass is 257 g/mol. The molecule has 109 valence electrons. The van der Waals surface area contributed by atoms with Gasteiger partial charge in [0.1, 0.15) is 0 Å². The van der Waals surface area contributed by atoms with E-state index in [-0.39, 0.29) is 5.92 Å². The van der Waals surface area contributed by atoms with Crippen molar-refractivity contribution in [1.29, 1.82) is 0 Å². The molecule has 0 aromatic rings. The second-order valence-electron chi connectivity index (χ2n) is 5.98. The van der Waals surface area contributed by atoms with Crippen LogP contribution in [0.1, 0.15) is 67.2 Å². The van der Waals surface area contributed by atoms with Gasteiger partial charge in [-0.25, -0.2) is 5.11 Å². The molecule has 0 spiro atoms. The summed E-state index contributed by atoms with van der Waals surface area (Å²) < 4.78 is 5.54. The van der Waals surface area contributed by atoms with Gasteiger partial charge in [0.15, 0.2) is 6.29 Å². The normalized spacial score (nSPS) is 18.7. The Morgan fingerprint density at radius 2 is 1.44 bits per heavy atom. The summed E-state index contributed by atoms with van der Waals surface area (Å²) >= 11 is 0. The third kappa shape index (κ3) is 6.75. The van der Waals surface area contributed by atoms with Crippen molar-refractivity contribution < 1.29 is 9.84 Å². The maximum absolute atomic E-state index is 12.0. The van der Waals surface area contributed by atoms with Crippen molar-refractivity contribution in [2.75, 3.05) is 6.61 Å². The molecule has 0 aromatic carbocycles. The van der Waals surface area contributed by atoms with Crippen molar-refractivity contribution >= 4 is 0 Å². The van der Waals surface area contributed by atoms with Crippen LogP contribution in [0.2, 0.25) is 0 Å². The largest absolute Gasteiger partial charge is 0.349 e. The molecule has 0 aliphatic carbocycles. The van der Waals surface area contributed by atoms with Gasteiger partial charge in [0, 0.05) is 5.92 Å². The molecule has 0 heterocycles. The molecule has 0 aromatic heterocycles. The predicted molar refractivity (Wildman–Crippen MR) is 76.9 cm³/mol. The van der Waals surface area contributed by atoms with Crippen molar-refractivity contribution in [2.24, 2.45) is 23.7 Å². The van der Waals surface area contributed by atoms with E-state index >= 15 is 0 Å². The van der Waals surface area contributed by atoms with E-state index in [4.69, 9.17) is 4.74 Å². The molecule has 0 rings (SSSR count). The summed E-state index contributed by atoms with van der Waals surface area (Å²) in [7, 11) is 0. The fraction of sp³-hybridized carbons (Fsp3) is 1.00. The van der Waals surface area contributed by atoms with Gasteiger partial charge in [-0.15, -0.1) is 0 Å². The van der Waals surface area contributed by atoms with Crippen molar-refractivity contribution in [2.45, 2.75) is 73.5 Å². The van der Waals surface area contributed by atoms with Gasteiger partial charge in [-0.2, -0.15) is 0 Å². The molecular formula is C16H33O2. The van der Waals surface area contributed by atoms with Gasteiger partial charge in [0.25, 0.3) is 0 Å². The Balaban J connectivity index is 3.97. The van der Waals surface area contributed by atoms with Gasteiger partial charge in [-0.3, -0.25) is 0 Å². The number of hydrogen-bond donors (Lipinski definition) is 0. The maximum Gasteiger partial charge on any atom is 0.193 e. The van der Waals surface area contributed by atoms with E-state index in [1.54, 1.807) is 0 Å². The summed E-state index contributed by atoms with van der Waals surface area (Å²) in [6, 6.07) is 0. The van der Waals surface area contributed by atoms with Crippen LogP contribution in [0, 0.1) is 23.7 Å². The Kier molecular flexibility index (Phi) is 9.76. The Labute approximate surface area is 114 Å². The molecule has 0 saturated heterocycles. The number of ether oxygens (including phenoxy) is 1. The molecule has 1 radical (unpaired) electrons. The molecule has 0 fully saturated rings. The quantitative estimate of drug-likeness (QED) is 0.511. The van der Waals surface area contributed by atoms with Crippen molar-refractivity contribution in [3.05, 3.63) is 0 Å². The highest BCUT2D eigenvalue weighted by Gasteiger charge is 2.21. The fourth-order valence-corrected chi connectivity index (χ4v) is 2.55. The molecule has 4 unspecified atom stereocenters. The van der Waals surface area contributed by atoms with Crippen LogP contribution in [-0.2, 0) is 9.84 Å². The highest BCUT2D eigenvalue weighted by atomic mass is 16.6. The molecule has 18 heavy (non-hydrogen) atoms.